The number of hydrogen-bond donors (Lipinski definition) is 0. The number of unbranched alkanes of at least 4 members (excludes halogenated alkanes) is 5. The van der Waals surface area contributed by atoms with E-state index in [0.717, 1.165) is 17.9 Å². The Bertz CT molecular complexity index is 363. The highest BCUT2D eigenvalue weighted by atomic mass is 16.5. The number of benzene rings is 1. The fourth-order valence-corrected chi connectivity index (χ4v) is 2.39. The van der Waals surface area contributed by atoms with Gasteiger partial charge in [-0.05, 0) is 30.5 Å². The minimum Gasteiger partial charge on any atom is -0.493 e. The average molecular weight is 280 g/mol. The smallest absolute Gasteiger partial charge is 0.203 e. The van der Waals surface area contributed by atoms with Crippen molar-refractivity contribution < 1.29 is 14.2 Å². The molecular weight excluding hydrogens is 252 g/mol. The molecule has 3 nitrogen and oxygen atoms in total. The highest BCUT2D eigenvalue weighted by Gasteiger charge is 2.12. The quantitative estimate of drug-likeness (QED) is 0.585. The first kappa shape index (κ1) is 16.7. The Kier molecular flexibility index (Phi) is 7.93. The van der Waals surface area contributed by atoms with Crippen molar-refractivity contribution in [1.82, 2.24) is 0 Å². The largest absolute Gasteiger partial charge is 0.493 e. The molecule has 0 aromatic heterocycles. The van der Waals surface area contributed by atoms with Crippen LogP contribution in [-0.2, 0) is 6.42 Å². The second kappa shape index (κ2) is 9.51. The third-order valence-electron chi connectivity index (χ3n) is 3.54. The molecule has 0 spiro atoms. The van der Waals surface area contributed by atoms with E-state index in [1.807, 2.05) is 12.1 Å². The minimum atomic E-state index is 0.668. The summed E-state index contributed by atoms with van der Waals surface area (Å²) >= 11 is 0. The van der Waals surface area contributed by atoms with E-state index in [0.29, 0.717) is 5.75 Å². The molecule has 0 aliphatic carbocycles. The van der Waals surface area contributed by atoms with Gasteiger partial charge in [0.05, 0.1) is 21.3 Å². The number of methoxy groups -OCH3 is 3. The van der Waals surface area contributed by atoms with Gasteiger partial charge in [0, 0.05) is 0 Å². The minimum absolute atomic E-state index is 0.668. The molecule has 3 heteroatoms. The van der Waals surface area contributed by atoms with E-state index in [9.17, 15) is 0 Å². The van der Waals surface area contributed by atoms with Crippen LogP contribution in [0.3, 0.4) is 0 Å². The molecule has 0 heterocycles. The Morgan fingerprint density at radius 2 is 1.30 bits per heavy atom. The summed E-state index contributed by atoms with van der Waals surface area (Å²) in [7, 11) is 4.95. The summed E-state index contributed by atoms with van der Waals surface area (Å²) in [6.07, 6.45) is 8.89. The Hall–Kier alpha value is -1.38. The third kappa shape index (κ3) is 4.95. The second-order valence-electron chi connectivity index (χ2n) is 5.05. The van der Waals surface area contributed by atoms with Gasteiger partial charge in [-0.15, -0.1) is 0 Å². The molecule has 0 unspecified atom stereocenters. The topological polar surface area (TPSA) is 27.7 Å². The summed E-state index contributed by atoms with van der Waals surface area (Å²) in [5, 5.41) is 0. The maximum atomic E-state index is 5.37. The lowest BCUT2D eigenvalue weighted by atomic mass is 10.0. The van der Waals surface area contributed by atoms with Gasteiger partial charge < -0.3 is 14.2 Å². The Morgan fingerprint density at radius 3 is 1.80 bits per heavy atom. The molecule has 1 aromatic carbocycles. The van der Waals surface area contributed by atoms with Gasteiger partial charge in [-0.1, -0.05) is 39.0 Å². The predicted molar refractivity (Wildman–Crippen MR) is 83.2 cm³/mol. The summed E-state index contributed by atoms with van der Waals surface area (Å²) in [4.78, 5) is 0. The van der Waals surface area contributed by atoms with Crippen molar-refractivity contribution in [3.8, 4) is 17.2 Å². The molecule has 20 heavy (non-hydrogen) atoms. The van der Waals surface area contributed by atoms with Gasteiger partial charge >= 0.3 is 0 Å². The Morgan fingerprint density at radius 1 is 0.750 bits per heavy atom. The normalized spacial score (nSPS) is 10.4. The van der Waals surface area contributed by atoms with Crippen molar-refractivity contribution >= 4 is 0 Å². The number of rotatable bonds is 10. The lowest BCUT2D eigenvalue weighted by Gasteiger charge is -2.14. The van der Waals surface area contributed by atoms with E-state index in [1.54, 1.807) is 21.3 Å². The second-order valence-corrected chi connectivity index (χ2v) is 5.05. The highest BCUT2D eigenvalue weighted by Crippen LogP contribution is 2.38. The molecule has 114 valence electrons. The van der Waals surface area contributed by atoms with Crippen LogP contribution >= 0.6 is 0 Å². The maximum absolute atomic E-state index is 5.37. The number of aryl methyl sites for hydroxylation is 1. The molecule has 0 saturated carbocycles. The fourth-order valence-electron chi connectivity index (χ4n) is 2.39. The molecule has 0 radical (unpaired) electrons. The molecule has 0 aliphatic rings. The summed E-state index contributed by atoms with van der Waals surface area (Å²) in [5.74, 6) is 2.15. The summed E-state index contributed by atoms with van der Waals surface area (Å²) in [6.45, 7) is 2.25. The van der Waals surface area contributed by atoms with E-state index >= 15 is 0 Å². The van der Waals surface area contributed by atoms with Gasteiger partial charge in [0.15, 0.2) is 11.5 Å². The molecule has 0 amide bonds. The first-order valence-electron chi connectivity index (χ1n) is 7.55. The van der Waals surface area contributed by atoms with E-state index in [2.05, 4.69) is 6.92 Å². The third-order valence-corrected chi connectivity index (χ3v) is 3.54. The summed E-state index contributed by atoms with van der Waals surface area (Å²) in [6, 6.07) is 4.10. The van der Waals surface area contributed by atoms with Gasteiger partial charge in [-0.2, -0.15) is 0 Å². The van der Waals surface area contributed by atoms with Crippen molar-refractivity contribution in [3.63, 3.8) is 0 Å². The summed E-state index contributed by atoms with van der Waals surface area (Å²) < 4.78 is 16.1. The predicted octanol–water partition coefficient (Wildman–Crippen LogP) is 4.62. The molecule has 0 saturated heterocycles. The number of ether oxygens (including phenoxy) is 3. The van der Waals surface area contributed by atoms with Gasteiger partial charge in [-0.3, -0.25) is 0 Å². The zero-order valence-electron chi connectivity index (χ0n) is 13.3. The zero-order valence-corrected chi connectivity index (χ0v) is 13.3. The summed E-state index contributed by atoms with van der Waals surface area (Å²) in [5.41, 5.74) is 1.25. The number of hydrogen-bond acceptors (Lipinski definition) is 3. The molecule has 0 N–H and O–H groups in total. The van der Waals surface area contributed by atoms with Gasteiger partial charge in [0.2, 0.25) is 5.75 Å². The van der Waals surface area contributed by atoms with Crippen LogP contribution < -0.4 is 14.2 Å². The van der Waals surface area contributed by atoms with Crippen molar-refractivity contribution in [2.75, 3.05) is 21.3 Å². The maximum Gasteiger partial charge on any atom is 0.203 e. The van der Waals surface area contributed by atoms with Gasteiger partial charge in [0.25, 0.3) is 0 Å². The highest BCUT2D eigenvalue weighted by molar-refractivity contribution is 5.53. The van der Waals surface area contributed by atoms with E-state index in [4.69, 9.17) is 14.2 Å². The monoisotopic (exact) mass is 280 g/mol. The van der Waals surface area contributed by atoms with Gasteiger partial charge in [-0.25, -0.2) is 0 Å². The molecule has 0 atom stereocenters. The van der Waals surface area contributed by atoms with Crippen LogP contribution in [0.5, 0.6) is 17.2 Å². The van der Waals surface area contributed by atoms with Crippen LogP contribution in [0.4, 0.5) is 0 Å². The first-order valence-corrected chi connectivity index (χ1v) is 7.55. The molecule has 0 fully saturated rings. The van der Waals surface area contributed by atoms with E-state index < -0.39 is 0 Å². The molecular formula is C17H28O3. The van der Waals surface area contributed by atoms with Crippen LogP contribution in [0.15, 0.2) is 12.1 Å². The molecule has 1 aromatic rings. The lowest BCUT2D eigenvalue weighted by Crippen LogP contribution is -1.97. The van der Waals surface area contributed by atoms with Crippen molar-refractivity contribution in [3.05, 3.63) is 17.7 Å². The Labute approximate surface area is 123 Å². The van der Waals surface area contributed by atoms with Crippen LogP contribution in [0.25, 0.3) is 0 Å². The van der Waals surface area contributed by atoms with Crippen molar-refractivity contribution in [2.45, 2.75) is 51.9 Å². The Balaban J connectivity index is 2.57. The van der Waals surface area contributed by atoms with Crippen LogP contribution in [0, 0.1) is 0 Å². The molecule has 1 rings (SSSR count). The van der Waals surface area contributed by atoms with E-state index in [1.165, 1.54) is 44.1 Å². The lowest BCUT2D eigenvalue weighted by molar-refractivity contribution is 0.323. The average Bonchev–Trinajstić information content (AvgIpc) is 2.49. The zero-order chi connectivity index (χ0) is 14.8. The molecule has 0 bridgehead atoms. The SMILES string of the molecule is CCCCCCCCc1cc(OC)c(OC)c(OC)c1. The van der Waals surface area contributed by atoms with Crippen molar-refractivity contribution in [1.29, 1.82) is 0 Å². The first-order chi connectivity index (χ1) is 9.76. The standard InChI is InChI=1S/C17H28O3/c1-5-6-7-8-9-10-11-14-12-15(18-2)17(20-4)16(13-14)19-3/h12-13H,5-11H2,1-4H3. The van der Waals surface area contributed by atoms with Crippen LogP contribution in [-0.4, -0.2) is 21.3 Å². The molecule has 0 aliphatic heterocycles. The van der Waals surface area contributed by atoms with Crippen molar-refractivity contribution in [2.24, 2.45) is 0 Å². The van der Waals surface area contributed by atoms with Gasteiger partial charge in [0.1, 0.15) is 0 Å². The van der Waals surface area contributed by atoms with Crippen LogP contribution in [0.1, 0.15) is 51.0 Å². The fraction of sp³-hybridized carbons (Fsp3) is 0.647. The van der Waals surface area contributed by atoms with E-state index in [-0.39, 0.29) is 0 Å². The van der Waals surface area contributed by atoms with Crippen LogP contribution in [0.2, 0.25) is 0 Å².